The van der Waals surface area contributed by atoms with Gasteiger partial charge in [-0.3, -0.25) is 5.21 Å². The van der Waals surface area contributed by atoms with Crippen molar-refractivity contribution in [2.45, 2.75) is 19.0 Å². The second-order valence-corrected chi connectivity index (χ2v) is 4.73. The number of fused-ring (bicyclic) bond motifs is 4. The fourth-order valence-corrected chi connectivity index (χ4v) is 2.85. The standard InChI is InChI=1S/C13H14N2O5/c1-2-20-12(17)11-7-4-3-5-9(16)10(7)8-6-14(11)13(18)15(8)19/h3-5,8,11,16,19H,2,6H2,1H3/t8-,11+/m0/s1. The molecule has 0 spiro atoms. The number of phenols is 1. The molecule has 0 aromatic heterocycles. The van der Waals surface area contributed by atoms with Gasteiger partial charge < -0.3 is 14.7 Å². The van der Waals surface area contributed by atoms with Gasteiger partial charge in [0, 0.05) is 5.56 Å². The molecule has 0 radical (unpaired) electrons. The van der Waals surface area contributed by atoms with Crippen molar-refractivity contribution in [1.82, 2.24) is 9.96 Å². The predicted octanol–water partition coefficient (Wildman–Crippen LogP) is 1.18. The average Bonchev–Trinajstić information content (AvgIpc) is 2.66. The summed E-state index contributed by atoms with van der Waals surface area (Å²) in [6.45, 7) is 2.01. The minimum atomic E-state index is -0.932. The van der Waals surface area contributed by atoms with Crippen LogP contribution in [0.25, 0.3) is 0 Å². The van der Waals surface area contributed by atoms with Gasteiger partial charge in [0.05, 0.1) is 13.2 Å². The van der Waals surface area contributed by atoms with Crippen molar-refractivity contribution in [3.63, 3.8) is 0 Å². The molecule has 2 heterocycles. The Hall–Kier alpha value is -2.28. The Labute approximate surface area is 114 Å². The molecule has 106 valence electrons. The molecule has 7 nitrogen and oxygen atoms in total. The van der Waals surface area contributed by atoms with E-state index in [1.54, 1.807) is 19.1 Å². The number of carbonyl (C=O) groups is 2. The van der Waals surface area contributed by atoms with Gasteiger partial charge in [-0.05, 0) is 18.6 Å². The first-order valence-corrected chi connectivity index (χ1v) is 6.33. The highest BCUT2D eigenvalue weighted by atomic mass is 16.5. The fraction of sp³-hybridized carbons (Fsp3) is 0.385. The third-order valence-electron chi connectivity index (χ3n) is 3.67. The number of hydrogen-bond donors (Lipinski definition) is 2. The van der Waals surface area contributed by atoms with Crippen molar-refractivity contribution < 1.29 is 24.6 Å². The van der Waals surface area contributed by atoms with E-state index in [9.17, 15) is 19.9 Å². The summed E-state index contributed by atoms with van der Waals surface area (Å²) < 4.78 is 5.00. The summed E-state index contributed by atoms with van der Waals surface area (Å²) in [5, 5.41) is 20.4. The lowest BCUT2D eigenvalue weighted by Gasteiger charge is -2.31. The van der Waals surface area contributed by atoms with Gasteiger partial charge in [-0.15, -0.1) is 0 Å². The smallest absolute Gasteiger partial charge is 0.345 e. The van der Waals surface area contributed by atoms with Crippen LogP contribution in [-0.4, -0.2) is 45.4 Å². The fourth-order valence-electron chi connectivity index (χ4n) is 2.85. The highest BCUT2D eigenvalue weighted by Gasteiger charge is 2.51. The highest BCUT2D eigenvalue weighted by molar-refractivity contribution is 5.88. The lowest BCUT2D eigenvalue weighted by Crippen LogP contribution is -2.39. The number of nitrogens with zero attached hydrogens (tertiary/aromatic N) is 2. The molecule has 2 amide bonds. The lowest BCUT2D eigenvalue weighted by molar-refractivity contribution is -0.148. The van der Waals surface area contributed by atoms with E-state index in [2.05, 4.69) is 0 Å². The number of urea groups is 1. The Morgan fingerprint density at radius 3 is 2.95 bits per heavy atom. The van der Waals surface area contributed by atoms with Gasteiger partial charge >= 0.3 is 12.0 Å². The first-order valence-electron chi connectivity index (χ1n) is 6.33. The van der Waals surface area contributed by atoms with Crippen molar-refractivity contribution in [1.29, 1.82) is 0 Å². The van der Waals surface area contributed by atoms with E-state index in [4.69, 9.17) is 4.74 Å². The second-order valence-electron chi connectivity index (χ2n) is 4.73. The van der Waals surface area contributed by atoms with Gasteiger partial charge in [-0.1, -0.05) is 12.1 Å². The minimum absolute atomic E-state index is 0.0461. The van der Waals surface area contributed by atoms with Gasteiger partial charge in [-0.25, -0.2) is 9.59 Å². The summed E-state index contributed by atoms with van der Waals surface area (Å²) in [6, 6.07) is 2.46. The first kappa shape index (κ1) is 12.7. The molecule has 0 unspecified atom stereocenters. The van der Waals surface area contributed by atoms with Crippen LogP contribution in [-0.2, 0) is 9.53 Å². The normalized spacial score (nSPS) is 23.8. The molecule has 0 saturated carbocycles. The van der Waals surface area contributed by atoms with Crippen LogP contribution in [0.5, 0.6) is 5.75 Å². The third-order valence-corrected chi connectivity index (χ3v) is 3.67. The molecular weight excluding hydrogens is 264 g/mol. The molecule has 1 saturated heterocycles. The van der Waals surface area contributed by atoms with Crippen molar-refractivity contribution in [3.05, 3.63) is 29.3 Å². The van der Waals surface area contributed by atoms with E-state index in [0.717, 1.165) is 0 Å². The van der Waals surface area contributed by atoms with E-state index >= 15 is 0 Å². The van der Waals surface area contributed by atoms with E-state index in [-0.39, 0.29) is 18.9 Å². The molecule has 3 rings (SSSR count). The van der Waals surface area contributed by atoms with Crippen molar-refractivity contribution in [3.8, 4) is 5.75 Å². The number of rotatable bonds is 2. The van der Waals surface area contributed by atoms with E-state index in [1.165, 1.54) is 11.0 Å². The number of aromatic hydroxyl groups is 1. The number of phenolic OH excluding ortho intramolecular Hbond substituents is 1. The van der Waals surface area contributed by atoms with Crippen LogP contribution in [0, 0.1) is 0 Å². The second kappa shape index (κ2) is 4.38. The molecule has 0 aliphatic carbocycles. The lowest BCUT2D eigenvalue weighted by atomic mass is 9.90. The monoisotopic (exact) mass is 278 g/mol. The molecule has 1 aromatic carbocycles. The Kier molecular flexibility index (Phi) is 2.79. The number of hydrogen-bond acceptors (Lipinski definition) is 5. The highest BCUT2D eigenvalue weighted by Crippen LogP contribution is 2.46. The van der Waals surface area contributed by atoms with E-state index in [1.807, 2.05) is 0 Å². The molecule has 20 heavy (non-hydrogen) atoms. The van der Waals surface area contributed by atoms with Gasteiger partial charge in [0.1, 0.15) is 11.8 Å². The van der Waals surface area contributed by atoms with Crippen LogP contribution in [0.1, 0.15) is 30.1 Å². The SMILES string of the molecule is CCOC(=O)[C@H]1c2cccc(O)c2[C@@H]2CN1C(=O)N2O. The van der Waals surface area contributed by atoms with Crippen LogP contribution < -0.4 is 0 Å². The summed E-state index contributed by atoms with van der Waals surface area (Å²) in [5.74, 6) is -0.614. The average molecular weight is 278 g/mol. The number of hydroxylamine groups is 2. The van der Waals surface area contributed by atoms with Crippen molar-refractivity contribution in [2.24, 2.45) is 0 Å². The maximum absolute atomic E-state index is 12.1. The van der Waals surface area contributed by atoms with Gasteiger partial charge in [0.15, 0.2) is 6.04 Å². The number of carbonyl (C=O) groups excluding carboxylic acids is 2. The molecule has 2 bridgehead atoms. The van der Waals surface area contributed by atoms with E-state index < -0.39 is 24.1 Å². The summed E-state index contributed by atoms with van der Waals surface area (Å²) in [5.41, 5.74) is 0.889. The van der Waals surface area contributed by atoms with Crippen molar-refractivity contribution in [2.75, 3.05) is 13.2 Å². The van der Waals surface area contributed by atoms with Crippen LogP contribution in [0.15, 0.2) is 18.2 Å². The largest absolute Gasteiger partial charge is 0.508 e. The van der Waals surface area contributed by atoms with Crippen LogP contribution in [0.4, 0.5) is 4.79 Å². The Balaban J connectivity index is 2.15. The number of ether oxygens (including phenoxy) is 1. The van der Waals surface area contributed by atoms with Gasteiger partial charge in [0.25, 0.3) is 0 Å². The van der Waals surface area contributed by atoms with Crippen LogP contribution in [0.3, 0.4) is 0 Å². The topological polar surface area (TPSA) is 90.3 Å². The molecule has 2 aliphatic rings. The Morgan fingerprint density at radius 1 is 1.50 bits per heavy atom. The molecule has 1 fully saturated rings. The zero-order valence-electron chi connectivity index (χ0n) is 10.8. The Morgan fingerprint density at radius 2 is 2.25 bits per heavy atom. The number of esters is 1. The molecule has 2 atom stereocenters. The van der Waals surface area contributed by atoms with Crippen molar-refractivity contribution >= 4 is 12.0 Å². The molecule has 7 heteroatoms. The zero-order chi connectivity index (χ0) is 14.4. The number of benzene rings is 1. The summed E-state index contributed by atoms with van der Waals surface area (Å²) >= 11 is 0. The first-order chi connectivity index (χ1) is 9.56. The van der Waals surface area contributed by atoms with E-state index in [0.29, 0.717) is 16.2 Å². The van der Waals surface area contributed by atoms with Crippen LogP contribution >= 0.6 is 0 Å². The molecule has 1 aromatic rings. The maximum Gasteiger partial charge on any atom is 0.345 e. The quantitative estimate of drug-likeness (QED) is 0.626. The third kappa shape index (κ3) is 1.56. The maximum atomic E-state index is 12.1. The minimum Gasteiger partial charge on any atom is -0.508 e. The van der Waals surface area contributed by atoms with Gasteiger partial charge in [-0.2, -0.15) is 5.06 Å². The van der Waals surface area contributed by atoms with Crippen LogP contribution in [0.2, 0.25) is 0 Å². The van der Waals surface area contributed by atoms with Gasteiger partial charge in [0.2, 0.25) is 0 Å². The summed E-state index contributed by atoms with van der Waals surface area (Å²) in [4.78, 5) is 25.4. The predicted molar refractivity (Wildman–Crippen MR) is 65.9 cm³/mol. The Bertz CT molecular complexity index is 588. The summed E-state index contributed by atoms with van der Waals surface area (Å²) in [6.07, 6.45) is 0. The zero-order valence-corrected chi connectivity index (χ0v) is 10.8. The molecular formula is C13H14N2O5. The molecule has 2 N–H and O–H groups in total. The number of amides is 2. The summed E-state index contributed by atoms with van der Waals surface area (Å²) in [7, 11) is 0. The molecule has 2 aliphatic heterocycles.